The van der Waals surface area contributed by atoms with E-state index in [-0.39, 0.29) is 12.4 Å². The van der Waals surface area contributed by atoms with Crippen LogP contribution in [0.1, 0.15) is 19.8 Å². The van der Waals surface area contributed by atoms with Gasteiger partial charge in [-0.2, -0.15) is 0 Å². The zero-order valence-electron chi connectivity index (χ0n) is 15.3. The molecule has 5 N–H and O–H groups in total. The summed E-state index contributed by atoms with van der Waals surface area (Å²) in [6.07, 6.45) is 1.55. The summed E-state index contributed by atoms with van der Waals surface area (Å²) >= 11 is 0. The lowest BCUT2D eigenvalue weighted by molar-refractivity contribution is -0.0932. The van der Waals surface area contributed by atoms with Crippen molar-refractivity contribution in [2.45, 2.75) is 62.6 Å². The molecule has 0 bridgehead atoms. The predicted molar refractivity (Wildman–Crippen MR) is 98.9 cm³/mol. The van der Waals surface area contributed by atoms with Crippen LogP contribution in [-0.2, 0) is 10.1 Å². The lowest BCUT2D eigenvalue weighted by atomic mass is 10.1. The van der Waals surface area contributed by atoms with Gasteiger partial charge in [-0.05, 0) is 0 Å². The Morgan fingerprint density at radius 1 is 1.31 bits per heavy atom. The number of hydrogen-bond acceptors (Lipinski definition) is 8. The third-order valence-corrected chi connectivity index (χ3v) is 9.66. The first-order valence-corrected chi connectivity index (χ1v) is 12.1. The van der Waals surface area contributed by atoms with E-state index < -0.39 is 31.7 Å². The maximum absolute atomic E-state index is 11.1. The number of ether oxygens (including phenoxy) is 1. The molecule has 4 atom stereocenters. The molecule has 0 unspecified atom stereocenters. The summed E-state index contributed by atoms with van der Waals surface area (Å²) in [5, 5.41) is 30.0. The van der Waals surface area contributed by atoms with Crippen LogP contribution < -0.4 is 5.73 Å². The van der Waals surface area contributed by atoms with Crippen molar-refractivity contribution in [1.29, 1.82) is 0 Å². The van der Waals surface area contributed by atoms with E-state index >= 15 is 0 Å². The normalized spacial score (nSPS) is 29.5. The third kappa shape index (κ3) is 2.64. The van der Waals surface area contributed by atoms with Crippen LogP contribution in [0.2, 0.25) is 19.1 Å². The van der Waals surface area contributed by atoms with Gasteiger partial charge < -0.3 is 25.8 Å². The van der Waals surface area contributed by atoms with Crippen molar-refractivity contribution in [3.63, 3.8) is 0 Å². The van der Waals surface area contributed by atoms with Crippen LogP contribution in [0.3, 0.4) is 0 Å². The molecule has 1 aliphatic heterocycles. The van der Waals surface area contributed by atoms with Gasteiger partial charge in [0.05, 0.1) is 12.9 Å². The number of anilines is 1. The number of imidazole rings is 1. The van der Waals surface area contributed by atoms with E-state index in [9.17, 15) is 15.3 Å². The molecule has 1 aliphatic rings. The van der Waals surface area contributed by atoms with Gasteiger partial charge in [-0.3, -0.25) is 4.57 Å². The molecule has 1 fully saturated rings. The van der Waals surface area contributed by atoms with Crippen molar-refractivity contribution in [3.8, 4) is 0 Å². The number of aliphatic hydroxyl groups is 3. The number of unbranched alkanes of at least 4 members (excludes halogenated alkanes) is 1. The van der Waals surface area contributed by atoms with Crippen molar-refractivity contribution in [3.05, 3.63) is 12.7 Å². The Labute approximate surface area is 152 Å². The van der Waals surface area contributed by atoms with Gasteiger partial charge in [0.2, 0.25) is 0 Å². The molecule has 0 spiro atoms. The second-order valence-electron chi connectivity index (χ2n) is 7.50. The smallest absolute Gasteiger partial charge is 0.167 e. The average Bonchev–Trinajstić information content (AvgIpc) is 3.15. The van der Waals surface area contributed by atoms with E-state index in [2.05, 4.69) is 35.0 Å². The fourth-order valence-electron chi connectivity index (χ4n) is 3.93. The number of hydrogen-bond donors (Lipinski definition) is 4. The molecule has 3 heterocycles. The van der Waals surface area contributed by atoms with Crippen LogP contribution in [0, 0.1) is 0 Å². The molecule has 9 nitrogen and oxygen atoms in total. The van der Waals surface area contributed by atoms with Gasteiger partial charge in [0.15, 0.2) is 16.8 Å². The van der Waals surface area contributed by atoms with Gasteiger partial charge in [0, 0.05) is 0 Å². The molecule has 2 aromatic rings. The minimum atomic E-state index is -2.37. The summed E-state index contributed by atoms with van der Waals surface area (Å²) < 4.78 is 7.90. The summed E-state index contributed by atoms with van der Waals surface area (Å²) in [5.41, 5.74) is 6.77. The molecule has 26 heavy (non-hydrogen) atoms. The average molecular weight is 382 g/mol. The number of nitrogen functional groups attached to an aromatic ring is 1. The Balaban J connectivity index is 2.23. The predicted octanol–water partition coefficient (Wildman–Crippen LogP) is 0.222. The number of rotatable bonds is 6. The van der Waals surface area contributed by atoms with Crippen LogP contribution in [-0.4, -0.2) is 67.8 Å². The van der Waals surface area contributed by atoms with E-state index in [1.54, 1.807) is 4.57 Å². The van der Waals surface area contributed by atoms with Crippen molar-refractivity contribution in [2.75, 3.05) is 12.3 Å². The molecule has 0 aliphatic carbocycles. The van der Waals surface area contributed by atoms with Gasteiger partial charge in [0.25, 0.3) is 0 Å². The Kier molecular flexibility index (Phi) is 5.06. The summed E-state index contributed by atoms with van der Waals surface area (Å²) in [4.78, 5) is 12.6. The van der Waals surface area contributed by atoms with Crippen molar-refractivity contribution < 1.29 is 20.1 Å². The van der Waals surface area contributed by atoms with Gasteiger partial charge in [-0.15, -0.1) is 0 Å². The zero-order chi connectivity index (χ0) is 19.1. The fraction of sp³-hybridized carbons (Fsp3) is 0.688. The highest BCUT2D eigenvalue weighted by atomic mass is 28.3. The van der Waals surface area contributed by atoms with Crippen molar-refractivity contribution >= 4 is 25.1 Å². The van der Waals surface area contributed by atoms with Crippen LogP contribution in [0.5, 0.6) is 0 Å². The standard InChI is InChI=1S/C16H27N5O4Si/c1-4-5-6-26(2,3)16(13(24)12(23)10(7-22)25-16)21-9-20-11-14(17)18-8-19-15(11)21/h8-10,12-13,22-24H,4-7H2,1-3H3,(H2,17,18,19)/t10-,12-,13-,16+/m1/s1. The Hall–Kier alpha value is -1.59. The molecule has 0 amide bonds. The van der Waals surface area contributed by atoms with Crippen LogP contribution >= 0.6 is 0 Å². The highest BCUT2D eigenvalue weighted by Crippen LogP contribution is 2.46. The maximum Gasteiger partial charge on any atom is 0.167 e. The molecule has 0 aromatic carbocycles. The monoisotopic (exact) mass is 381 g/mol. The first kappa shape index (κ1) is 19.2. The molecular weight excluding hydrogens is 354 g/mol. The van der Waals surface area contributed by atoms with E-state index in [0.717, 1.165) is 18.9 Å². The molecule has 0 saturated carbocycles. The third-order valence-electron chi connectivity index (χ3n) is 5.46. The lowest BCUT2D eigenvalue weighted by Gasteiger charge is -2.45. The number of aliphatic hydroxyl groups excluding tert-OH is 3. The summed E-state index contributed by atoms with van der Waals surface area (Å²) in [7, 11) is -2.37. The quantitative estimate of drug-likeness (QED) is 0.521. The lowest BCUT2D eigenvalue weighted by Crippen LogP contribution is -2.62. The molecule has 144 valence electrons. The van der Waals surface area contributed by atoms with E-state index in [4.69, 9.17) is 10.5 Å². The number of nitrogens with zero attached hydrogens (tertiary/aromatic N) is 4. The number of fused-ring (bicyclic) bond motifs is 1. The SMILES string of the molecule is CCCC[Si](C)(C)[C@@]1(n2cnc3c(N)ncnc32)O[C@H](CO)[C@@H](O)[C@H]1O. The molecule has 10 heteroatoms. The summed E-state index contributed by atoms with van der Waals surface area (Å²) in [5.74, 6) is 0.240. The first-order chi connectivity index (χ1) is 12.3. The second kappa shape index (κ2) is 6.85. The molecule has 1 saturated heterocycles. The highest BCUT2D eigenvalue weighted by Gasteiger charge is 2.63. The van der Waals surface area contributed by atoms with Gasteiger partial charge in [0.1, 0.15) is 38.2 Å². The second-order valence-corrected chi connectivity index (χ2v) is 12.5. The minimum Gasteiger partial charge on any atom is -0.394 e. The van der Waals surface area contributed by atoms with Crippen LogP contribution in [0.25, 0.3) is 11.2 Å². The van der Waals surface area contributed by atoms with E-state index in [0.29, 0.717) is 11.2 Å². The van der Waals surface area contributed by atoms with E-state index in [1.807, 2.05) is 0 Å². The molecule has 0 radical (unpaired) electrons. The number of aromatic nitrogens is 4. The maximum atomic E-state index is 11.1. The van der Waals surface area contributed by atoms with Crippen LogP contribution in [0.15, 0.2) is 12.7 Å². The van der Waals surface area contributed by atoms with Crippen molar-refractivity contribution in [2.24, 2.45) is 0 Å². The van der Waals surface area contributed by atoms with Gasteiger partial charge in [-0.25, -0.2) is 15.0 Å². The zero-order valence-corrected chi connectivity index (χ0v) is 16.3. The summed E-state index contributed by atoms with van der Waals surface area (Å²) in [6, 6.07) is 0.867. The van der Waals surface area contributed by atoms with Gasteiger partial charge in [-0.1, -0.05) is 38.9 Å². The highest BCUT2D eigenvalue weighted by molar-refractivity contribution is 6.79. The number of nitrogens with two attached hydrogens (primary N) is 1. The minimum absolute atomic E-state index is 0.240. The Morgan fingerprint density at radius 3 is 2.65 bits per heavy atom. The van der Waals surface area contributed by atoms with Crippen LogP contribution in [0.4, 0.5) is 5.82 Å². The first-order valence-electron chi connectivity index (χ1n) is 8.89. The summed E-state index contributed by atoms with van der Waals surface area (Å²) in [6.45, 7) is 5.93. The molecular formula is C16H27N5O4Si. The van der Waals surface area contributed by atoms with E-state index in [1.165, 1.54) is 12.7 Å². The largest absolute Gasteiger partial charge is 0.394 e. The molecule has 3 rings (SSSR count). The topological polar surface area (TPSA) is 140 Å². The Bertz CT molecular complexity index is 785. The molecule has 2 aromatic heterocycles. The fourth-order valence-corrected chi connectivity index (χ4v) is 7.78. The Morgan fingerprint density at radius 2 is 2.04 bits per heavy atom. The van der Waals surface area contributed by atoms with Gasteiger partial charge >= 0.3 is 0 Å². The van der Waals surface area contributed by atoms with Crippen molar-refractivity contribution in [1.82, 2.24) is 19.5 Å².